The van der Waals surface area contributed by atoms with Crippen molar-refractivity contribution >= 4 is 17.3 Å². The van der Waals surface area contributed by atoms with Crippen LogP contribution in [-0.2, 0) is 0 Å². The summed E-state index contributed by atoms with van der Waals surface area (Å²) in [5.41, 5.74) is 2.48. The molecule has 17 heavy (non-hydrogen) atoms. The highest BCUT2D eigenvalue weighted by Crippen LogP contribution is 2.31. The fourth-order valence-electron chi connectivity index (χ4n) is 2.43. The molecule has 1 aliphatic heterocycles. The molecule has 1 aromatic carbocycles. The van der Waals surface area contributed by atoms with Gasteiger partial charge in [-0.05, 0) is 50.0 Å². The summed E-state index contributed by atoms with van der Waals surface area (Å²) < 4.78 is 0. The Bertz CT molecular complexity index is 378. The van der Waals surface area contributed by atoms with Crippen molar-refractivity contribution in [1.82, 2.24) is 5.32 Å². The standard InChI is InChI=1S/C14H21ClN2/c1-3-16-9-12-6-7-17(10-12)14-8-11(2)4-5-13(14)15/h4-5,8,12,16H,3,6-7,9-10H2,1-2H3. The van der Waals surface area contributed by atoms with Gasteiger partial charge in [-0.2, -0.15) is 0 Å². The lowest BCUT2D eigenvalue weighted by Gasteiger charge is -2.20. The molecule has 0 amide bonds. The molecular formula is C14H21ClN2. The minimum atomic E-state index is 0.756. The number of aryl methyl sites for hydroxylation is 1. The molecule has 0 radical (unpaired) electrons. The van der Waals surface area contributed by atoms with E-state index in [1.807, 2.05) is 6.07 Å². The first-order valence-corrected chi connectivity index (χ1v) is 6.80. The van der Waals surface area contributed by atoms with E-state index in [1.165, 1.54) is 17.7 Å². The second kappa shape index (κ2) is 5.74. The van der Waals surface area contributed by atoms with Crippen LogP contribution in [0.2, 0.25) is 5.02 Å². The van der Waals surface area contributed by atoms with Crippen molar-refractivity contribution in [2.24, 2.45) is 5.92 Å². The fourth-order valence-corrected chi connectivity index (χ4v) is 2.67. The van der Waals surface area contributed by atoms with E-state index in [4.69, 9.17) is 11.6 Å². The third-order valence-electron chi connectivity index (χ3n) is 3.41. The maximum atomic E-state index is 6.27. The van der Waals surface area contributed by atoms with Crippen molar-refractivity contribution in [3.05, 3.63) is 28.8 Å². The summed E-state index contributed by atoms with van der Waals surface area (Å²) in [4.78, 5) is 2.41. The zero-order valence-corrected chi connectivity index (χ0v) is 11.4. The third-order valence-corrected chi connectivity index (χ3v) is 3.73. The minimum Gasteiger partial charge on any atom is -0.370 e. The molecule has 0 aliphatic carbocycles. The van der Waals surface area contributed by atoms with Gasteiger partial charge in [0.25, 0.3) is 0 Å². The molecule has 2 nitrogen and oxygen atoms in total. The Morgan fingerprint density at radius 2 is 2.29 bits per heavy atom. The zero-order chi connectivity index (χ0) is 12.3. The van der Waals surface area contributed by atoms with Gasteiger partial charge < -0.3 is 10.2 Å². The van der Waals surface area contributed by atoms with Gasteiger partial charge in [-0.3, -0.25) is 0 Å². The van der Waals surface area contributed by atoms with E-state index in [-0.39, 0.29) is 0 Å². The molecule has 1 atom stereocenters. The van der Waals surface area contributed by atoms with Gasteiger partial charge in [0.2, 0.25) is 0 Å². The number of hydrogen-bond acceptors (Lipinski definition) is 2. The normalized spacial score (nSPS) is 19.9. The van der Waals surface area contributed by atoms with Crippen LogP contribution < -0.4 is 10.2 Å². The predicted molar refractivity (Wildman–Crippen MR) is 75.1 cm³/mol. The molecule has 1 unspecified atom stereocenters. The van der Waals surface area contributed by atoms with Gasteiger partial charge in [-0.15, -0.1) is 0 Å². The molecule has 1 N–H and O–H groups in total. The summed E-state index contributed by atoms with van der Waals surface area (Å²) in [5.74, 6) is 0.756. The Labute approximate surface area is 109 Å². The average molecular weight is 253 g/mol. The van der Waals surface area contributed by atoms with E-state index < -0.39 is 0 Å². The SMILES string of the molecule is CCNCC1CCN(c2cc(C)ccc2Cl)C1. The number of benzene rings is 1. The molecule has 1 saturated heterocycles. The second-order valence-corrected chi connectivity index (χ2v) is 5.27. The molecule has 1 aliphatic rings. The van der Waals surface area contributed by atoms with Crippen LogP contribution in [0, 0.1) is 12.8 Å². The van der Waals surface area contributed by atoms with Gasteiger partial charge in [-0.25, -0.2) is 0 Å². The first-order chi connectivity index (χ1) is 8.20. The number of nitrogens with one attached hydrogen (secondary N) is 1. The Morgan fingerprint density at radius 3 is 3.06 bits per heavy atom. The molecule has 0 bridgehead atoms. The van der Waals surface area contributed by atoms with Crippen LogP contribution >= 0.6 is 11.6 Å². The summed E-state index contributed by atoms with van der Waals surface area (Å²) in [6, 6.07) is 6.26. The second-order valence-electron chi connectivity index (χ2n) is 4.86. The van der Waals surface area contributed by atoms with Gasteiger partial charge in [0, 0.05) is 13.1 Å². The van der Waals surface area contributed by atoms with E-state index in [9.17, 15) is 0 Å². The number of hydrogen-bond donors (Lipinski definition) is 1. The van der Waals surface area contributed by atoms with E-state index in [0.717, 1.165) is 37.1 Å². The summed E-state index contributed by atoms with van der Waals surface area (Å²) in [6.45, 7) is 8.70. The topological polar surface area (TPSA) is 15.3 Å². The monoisotopic (exact) mass is 252 g/mol. The van der Waals surface area contributed by atoms with E-state index in [1.54, 1.807) is 0 Å². The predicted octanol–water partition coefficient (Wildman–Crippen LogP) is 3.08. The Kier molecular flexibility index (Phi) is 4.30. The van der Waals surface area contributed by atoms with Crippen molar-refractivity contribution in [2.45, 2.75) is 20.3 Å². The maximum Gasteiger partial charge on any atom is 0.0639 e. The van der Waals surface area contributed by atoms with Gasteiger partial charge in [0.15, 0.2) is 0 Å². The average Bonchev–Trinajstić information content (AvgIpc) is 2.78. The van der Waals surface area contributed by atoms with Crippen molar-refractivity contribution in [1.29, 1.82) is 0 Å². The number of rotatable bonds is 4. The van der Waals surface area contributed by atoms with E-state index in [2.05, 4.69) is 36.2 Å². The van der Waals surface area contributed by atoms with Gasteiger partial charge in [0.1, 0.15) is 0 Å². The maximum absolute atomic E-state index is 6.27. The van der Waals surface area contributed by atoms with E-state index in [0.29, 0.717) is 0 Å². The lowest BCUT2D eigenvalue weighted by Crippen LogP contribution is -2.26. The number of halogens is 1. The molecule has 0 aromatic heterocycles. The molecule has 2 rings (SSSR count). The van der Waals surface area contributed by atoms with Crippen LogP contribution in [-0.4, -0.2) is 26.2 Å². The van der Waals surface area contributed by atoms with Crippen LogP contribution in [0.25, 0.3) is 0 Å². The molecule has 1 aromatic rings. The Balaban J connectivity index is 2.02. The molecule has 94 valence electrons. The van der Waals surface area contributed by atoms with Crippen LogP contribution in [0.3, 0.4) is 0 Å². The highest BCUT2D eigenvalue weighted by Gasteiger charge is 2.23. The van der Waals surface area contributed by atoms with Crippen LogP contribution in [0.1, 0.15) is 18.9 Å². The number of anilines is 1. The largest absolute Gasteiger partial charge is 0.370 e. The summed E-state index contributed by atoms with van der Waals surface area (Å²) in [6.07, 6.45) is 1.26. The Hall–Kier alpha value is -0.730. The van der Waals surface area contributed by atoms with Crippen molar-refractivity contribution in [3.63, 3.8) is 0 Å². The zero-order valence-electron chi connectivity index (χ0n) is 10.7. The fraction of sp³-hybridized carbons (Fsp3) is 0.571. The molecule has 0 saturated carbocycles. The van der Waals surface area contributed by atoms with Crippen molar-refractivity contribution in [2.75, 3.05) is 31.1 Å². The van der Waals surface area contributed by atoms with Gasteiger partial charge >= 0.3 is 0 Å². The summed E-state index contributed by atoms with van der Waals surface area (Å²) in [5, 5.41) is 4.30. The minimum absolute atomic E-state index is 0.756. The molecular weight excluding hydrogens is 232 g/mol. The van der Waals surface area contributed by atoms with Crippen molar-refractivity contribution < 1.29 is 0 Å². The van der Waals surface area contributed by atoms with Crippen LogP contribution in [0.15, 0.2) is 18.2 Å². The van der Waals surface area contributed by atoms with Crippen molar-refractivity contribution in [3.8, 4) is 0 Å². The molecule has 3 heteroatoms. The smallest absolute Gasteiger partial charge is 0.0639 e. The Morgan fingerprint density at radius 1 is 1.47 bits per heavy atom. The lowest BCUT2D eigenvalue weighted by molar-refractivity contribution is 0.528. The van der Waals surface area contributed by atoms with Gasteiger partial charge in [0.05, 0.1) is 10.7 Å². The highest BCUT2D eigenvalue weighted by atomic mass is 35.5. The summed E-state index contributed by atoms with van der Waals surface area (Å²) in [7, 11) is 0. The molecule has 1 fully saturated rings. The molecule has 1 heterocycles. The van der Waals surface area contributed by atoms with E-state index >= 15 is 0 Å². The van der Waals surface area contributed by atoms with Crippen LogP contribution in [0.5, 0.6) is 0 Å². The summed E-state index contributed by atoms with van der Waals surface area (Å²) >= 11 is 6.27. The quantitative estimate of drug-likeness (QED) is 0.886. The third kappa shape index (κ3) is 3.14. The first kappa shape index (κ1) is 12.7. The van der Waals surface area contributed by atoms with Crippen LogP contribution in [0.4, 0.5) is 5.69 Å². The highest BCUT2D eigenvalue weighted by molar-refractivity contribution is 6.33. The molecule has 0 spiro atoms. The first-order valence-electron chi connectivity index (χ1n) is 6.42. The van der Waals surface area contributed by atoms with Gasteiger partial charge in [-0.1, -0.05) is 24.6 Å². The lowest BCUT2D eigenvalue weighted by atomic mass is 10.1. The number of nitrogens with zero attached hydrogens (tertiary/aromatic N) is 1.